The molecule has 160 valence electrons. The van der Waals surface area contributed by atoms with Crippen molar-refractivity contribution in [1.82, 2.24) is 0 Å². The van der Waals surface area contributed by atoms with Crippen molar-refractivity contribution in [1.29, 1.82) is 0 Å². The number of hydrogen-bond acceptors (Lipinski definition) is 2. The van der Waals surface area contributed by atoms with Crippen molar-refractivity contribution in [3.05, 3.63) is 34.9 Å². The molecule has 1 aliphatic carbocycles. The van der Waals surface area contributed by atoms with Crippen LogP contribution in [0.1, 0.15) is 99.8 Å². The summed E-state index contributed by atoms with van der Waals surface area (Å²) in [5.41, 5.74) is 4.51. The van der Waals surface area contributed by atoms with Crippen LogP contribution < -0.4 is 0 Å². The molecule has 2 nitrogen and oxygen atoms in total. The third-order valence-electron chi connectivity index (χ3n) is 6.27. The van der Waals surface area contributed by atoms with Crippen LogP contribution in [0.4, 0.5) is 0 Å². The van der Waals surface area contributed by atoms with E-state index in [0.29, 0.717) is 17.8 Å². The molecule has 2 heteroatoms. The summed E-state index contributed by atoms with van der Waals surface area (Å²) in [5, 5.41) is 0. The van der Waals surface area contributed by atoms with Crippen LogP contribution in [-0.2, 0) is 9.53 Å². The highest BCUT2D eigenvalue weighted by atomic mass is 16.5. The molecule has 0 aromatic carbocycles. The molecule has 1 aliphatic rings. The highest BCUT2D eigenvalue weighted by molar-refractivity contribution is 5.66. The Labute approximate surface area is 174 Å². The Balaban J connectivity index is 2.87. The number of hydrogen-bond donors (Lipinski definition) is 0. The van der Waals surface area contributed by atoms with Crippen LogP contribution >= 0.6 is 0 Å². The molecule has 0 aromatic rings. The summed E-state index contributed by atoms with van der Waals surface area (Å²) in [6, 6.07) is 0. The van der Waals surface area contributed by atoms with Crippen LogP contribution in [0.2, 0.25) is 0 Å². The third-order valence-corrected chi connectivity index (χ3v) is 6.27. The van der Waals surface area contributed by atoms with Gasteiger partial charge in [-0.25, -0.2) is 0 Å². The second-order valence-corrected chi connectivity index (χ2v) is 9.04. The van der Waals surface area contributed by atoms with Gasteiger partial charge in [0.15, 0.2) is 0 Å². The van der Waals surface area contributed by atoms with Crippen LogP contribution in [0.5, 0.6) is 0 Å². The van der Waals surface area contributed by atoms with Gasteiger partial charge in [-0.3, -0.25) is 4.79 Å². The van der Waals surface area contributed by atoms with Gasteiger partial charge in [-0.1, -0.05) is 76.0 Å². The molecule has 0 saturated heterocycles. The minimum atomic E-state index is -0.158. The third kappa shape index (κ3) is 9.26. The van der Waals surface area contributed by atoms with Gasteiger partial charge in [0.2, 0.25) is 0 Å². The first-order valence-electron chi connectivity index (χ1n) is 11.5. The Hall–Kier alpha value is -1.31. The number of unbranched alkanes of at least 4 members (excludes halogenated alkanes) is 1. The summed E-state index contributed by atoms with van der Waals surface area (Å²) < 4.78 is 5.50. The molecule has 1 fully saturated rings. The average molecular weight is 389 g/mol. The molecule has 1 rings (SSSR count). The van der Waals surface area contributed by atoms with Crippen LogP contribution in [0.15, 0.2) is 34.9 Å². The van der Waals surface area contributed by atoms with Gasteiger partial charge in [0.05, 0.1) is 0 Å². The molecule has 0 heterocycles. The van der Waals surface area contributed by atoms with Gasteiger partial charge in [-0.15, -0.1) is 0 Å². The lowest BCUT2D eigenvalue weighted by atomic mass is 9.84. The van der Waals surface area contributed by atoms with E-state index in [2.05, 4.69) is 59.8 Å². The predicted molar refractivity (Wildman–Crippen MR) is 121 cm³/mol. The summed E-state index contributed by atoms with van der Waals surface area (Å²) in [6.45, 7) is 15.3. The molecule has 0 amide bonds. The van der Waals surface area contributed by atoms with Crippen LogP contribution in [0.25, 0.3) is 0 Å². The second-order valence-electron chi connectivity index (χ2n) is 9.04. The van der Waals surface area contributed by atoms with Gasteiger partial charge < -0.3 is 4.74 Å². The van der Waals surface area contributed by atoms with E-state index in [1.54, 1.807) is 5.57 Å². The van der Waals surface area contributed by atoms with Crippen LogP contribution in [0.3, 0.4) is 0 Å². The zero-order valence-electron chi connectivity index (χ0n) is 19.5. The minimum Gasteiger partial charge on any atom is -0.462 e. The molecule has 0 aromatic heterocycles. The molecule has 28 heavy (non-hydrogen) atoms. The fourth-order valence-electron chi connectivity index (χ4n) is 4.04. The molecule has 1 saturated carbocycles. The number of rotatable bonds is 10. The van der Waals surface area contributed by atoms with E-state index in [1.807, 2.05) is 0 Å². The highest BCUT2D eigenvalue weighted by Crippen LogP contribution is 2.31. The van der Waals surface area contributed by atoms with Crippen molar-refractivity contribution in [2.75, 3.05) is 0 Å². The van der Waals surface area contributed by atoms with E-state index in [1.165, 1.54) is 43.8 Å². The number of esters is 1. The normalized spacial score (nSPS) is 24.9. The van der Waals surface area contributed by atoms with E-state index in [-0.39, 0.29) is 12.1 Å². The lowest BCUT2D eigenvalue weighted by Crippen LogP contribution is -2.24. The fourth-order valence-corrected chi connectivity index (χ4v) is 4.04. The first kappa shape index (κ1) is 24.7. The lowest BCUT2D eigenvalue weighted by molar-refractivity contribution is -0.147. The van der Waals surface area contributed by atoms with E-state index < -0.39 is 0 Å². The maximum absolute atomic E-state index is 11.3. The number of carbonyl (C=O) groups is 1. The van der Waals surface area contributed by atoms with E-state index in [4.69, 9.17) is 4.74 Å². The molecule has 0 radical (unpaired) electrons. The summed E-state index contributed by atoms with van der Waals surface area (Å²) in [7, 11) is 0. The van der Waals surface area contributed by atoms with E-state index in [9.17, 15) is 4.79 Å². The molecule has 4 atom stereocenters. The lowest BCUT2D eigenvalue weighted by Gasteiger charge is -2.28. The Morgan fingerprint density at radius 3 is 2.50 bits per heavy atom. The first-order valence-corrected chi connectivity index (χ1v) is 11.5. The zero-order chi connectivity index (χ0) is 21.1. The number of ether oxygens (including phenoxy) is 1. The quantitative estimate of drug-likeness (QED) is 0.282. The SMILES string of the molecule is CCCC/C(=C\C=C1\CC(C)CC(OC(C)=O)C1)C(C)C/C=C(\C)C(C)CC. The predicted octanol–water partition coefficient (Wildman–Crippen LogP) is 7.80. The molecule has 4 unspecified atom stereocenters. The molecule has 0 aliphatic heterocycles. The fraction of sp³-hybridized carbons (Fsp3) is 0.731. The largest absolute Gasteiger partial charge is 0.462 e. The van der Waals surface area contributed by atoms with Gasteiger partial charge in [0.1, 0.15) is 6.10 Å². The van der Waals surface area contributed by atoms with Crippen LogP contribution in [-0.4, -0.2) is 12.1 Å². The zero-order valence-corrected chi connectivity index (χ0v) is 19.5. The topological polar surface area (TPSA) is 26.3 Å². The van der Waals surface area contributed by atoms with Crippen molar-refractivity contribution in [3.63, 3.8) is 0 Å². The van der Waals surface area contributed by atoms with Crippen molar-refractivity contribution in [3.8, 4) is 0 Å². The van der Waals surface area contributed by atoms with E-state index >= 15 is 0 Å². The first-order chi connectivity index (χ1) is 13.3. The Morgan fingerprint density at radius 1 is 1.18 bits per heavy atom. The average Bonchev–Trinajstić information content (AvgIpc) is 2.64. The minimum absolute atomic E-state index is 0.0542. The Kier molecular flexibility index (Phi) is 11.5. The summed E-state index contributed by atoms with van der Waals surface area (Å²) in [4.78, 5) is 11.3. The molecular formula is C26H44O2. The maximum atomic E-state index is 11.3. The molecule has 0 bridgehead atoms. The Bertz CT molecular complexity index is 567. The van der Waals surface area contributed by atoms with Gasteiger partial charge in [0.25, 0.3) is 0 Å². The molecule has 0 spiro atoms. The van der Waals surface area contributed by atoms with Crippen molar-refractivity contribution in [2.24, 2.45) is 17.8 Å². The van der Waals surface area contributed by atoms with Crippen molar-refractivity contribution >= 4 is 5.97 Å². The standard InChI is InChI=1S/C26H44O2/c1-8-10-11-25(22(6)13-12-21(5)20(4)9-2)15-14-24-16-19(3)17-26(18-24)28-23(7)27/h12,14-15,19-20,22,26H,8-11,13,16-18H2,1-7H3/b21-12+,24-14-,25-15+. The van der Waals surface area contributed by atoms with E-state index in [0.717, 1.165) is 25.7 Å². The monoisotopic (exact) mass is 388 g/mol. The summed E-state index contributed by atoms with van der Waals surface area (Å²) in [5.74, 6) is 1.68. The van der Waals surface area contributed by atoms with Gasteiger partial charge >= 0.3 is 5.97 Å². The number of carbonyl (C=O) groups excluding carboxylic acids is 1. The maximum Gasteiger partial charge on any atom is 0.302 e. The van der Waals surface area contributed by atoms with Gasteiger partial charge in [0, 0.05) is 13.3 Å². The smallest absolute Gasteiger partial charge is 0.302 e. The Morgan fingerprint density at radius 2 is 1.89 bits per heavy atom. The summed E-state index contributed by atoms with van der Waals surface area (Å²) >= 11 is 0. The van der Waals surface area contributed by atoms with Gasteiger partial charge in [-0.05, 0) is 63.2 Å². The van der Waals surface area contributed by atoms with Crippen LogP contribution in [0, 0.1) is 17.8 Å². The number of allylic oxidation sites excluding steroid dienone is 5. The molecule has 0 N–H and O–H groups in total. The van der Waals surface area contributed by atoms with Crippen molar-refractivity contribution < 1.29 is 9.53 Å². The molecular weight excluding hydrogens is 344 g/mol. The summed E-state index contributed by atoms with van der Waals surface area (Å²) in [6.07, 6.45) is 16.2. The van der Waals surface area contributed by atoms with Gasteiger partial charge in [-0.2, -0.15) is 0 Å². The van der Waals surface area contributed by atoms with Crippen molar-refractivity contribution in [2.45, 2.75) is 106 Å². The second kappa shape index (κ2) is 13.0. The highest BCUT2D eigenvalue weighted by Gasteiger charge is 2.24.